The highest BCUT2D eigenvalue weighted by atomic mass is 16.5. The van der Waals surface area contributed by atoms with Gasteiger partial charge in [0.05, 0.1) is 18.6 Å². The molecule has 2 aromatic carbocycles. The van der Waals surface area contributed by atoms with Gasteiger partial charge in [0.1, 0.15) is 0 Å². The van der Waals surface area contributed by atoms with Crippen LogP contribution in [-0.2, 0) is 27.3 Å². The number of nitrogens with zero attached hydrogens (tertiary/aromatic N) is 1. The smallest absolute Gasteiger partial charge is 0.337 e. The molecule has 6 nitrogen and oxygen atoms in total. The van der Waals surface area contributed by atoms with Gasteiger partial charge in [0.2, 0.25) is 11.8 Å². The van der Waals surface area contributed by atoms with Crippen LogP contribution in [0, 0.1) is 5.92 Å². The third-order valence-electron chi connectivity index (χ3n) is 5.45. The monoisotopic (exact) mass is 408 g/mol. The molecule has 2 amide bonds. The summed E-state index contributed by atoms with van der Waals surface area (Å²) in [6.07, 6.45) is 2.80. The summed E-state index contributed by atoms with van der Waals surface area (Å²) >= 11 is 0. The standard InChI is InChI=1S/C24H28N2O4/c1-30-24(29)20-11-9-19(10-12-20)16-25-23(28)21-13-14-22(27)26(17-21)15-5-8-18-6-3-2-4-7-18/h2-4,6-7,9-12,21H,5,8,13-17H2,1H3,(H,25,28)/t21-/m0/s1. The van der Waals surface area contributed by atoms with E-state index in [1.165, 1.54) is 12.7 Å². The number of likely N-dealkylation sites (tertiary alicyclic amines) is 1. The number of methoxy groups -OCH3 is 1. The van der Waals surface area contributed by atoms with Gasteiger partial charge < -0.3 is 15.0 Å². The Morgan fingerprint density at radius 3 is 2.50 bits per heavy atom. The first-order valence-corrected chi connectivity index (χ1v) is 10.3. The van der Waals surface area contributed by atoms with Gasteiger partial charge in [-0.25, -0.2) is 4.79 Å². The third kappa shape index (κ3) is 5.92. The van der Waals surface area contributed by atoms with Gasteiger partial charge in [-0.2, -0.15) is 0 Å². The predicted octanol–water partition coefficient (Wildman–Crippen LogP) is 2.96. The van der Waals surface area contributed by atoms with Crippen LogP contribution in [0.4, 0.5) is 0 Å². The van der Waals surface area contributed by atoms with E-state index in [0.29, 0.717) is 38.0 Å². The minimum Gasteiger partial charge on any atom is -0.465 e. The SMILES string of the molecule is COC(=O)c1ccc(CNC(=O)[C@H]2CCC(=O)N(CCCc3ccccc3)C2)cc1. The predicted molar refractivity (Wildman–Crippen MR) is 114 cm³/mol. The number of carbonyl (C=O) groups excluding carboxylic acids is 3. The zero-order chi connectivity index (χ0) is 21.3. The zero-order valence-corrected chi connectivity index (χ0v) is 17.3. The van der Waals surface area contributed by atoms with E-state index < -0.39 is 0 Å². The lowest BCUT2D eigenvalue weighted by Crippen LogP contribution is -2.46. The van der Waals surface area contributed by atoms with E-state index in [1.54, 1.807) is 24.3 Å². The first-order valence-electron chi connectivity index (χ1n) is 10.3. The van der Waals surface area contributed by atoms with Crippen molar-refractivity contribution in [3.63, 3.8) is 0 Å². The van der Waals surface area contributed by atoms with Crippen LogP contribution >= 0.6 is 0 Å². The van der Waals surface area contributed by atoms with Gasteiger partial charge in [-0.3, -0.25) is 9.59 Å². The van der Waals surface area contributed by atoms with Crippen LogP contribution in [0.15, 0.2) is 54.6 Å². The van der Waals surface area contributed by atoms with Crippen molar-refractivity contribution in [2.24, 2.45) is 5.92 Å². The summed E-state index contributed by atoms with van der Waals surface area (Å²) < 4.78 is 4.68. The Labute approximate surface area is 177 Å². The molecule has 6 heteroatoms. The second-order valence-corrected chi connectivity index (χ2v) is 7.57. The fourth-order valence-electron chi connectivity index (χ4n) is 3.67. The highest BCUT2D eigenvalue weighted by Gasteiger charge is 2.29. The first kappa shape index (κ1) is 21.6. The minimum atomic E-state index is -0.384. The fraction of sp³-hybridized carbons (Fsp3) is 0.375. The van der Waals surface area contributed by atoms with E-state index in [-0.39, 0.29) is 23.7 Å². The Morgan fingerprint density at radius 1 is 1.07 bits per heavy atom. The normalized spacial score (nSPS) is 16.2. The van der Waals surface area contributed by atoms with Crippen LogP contribution in [-0.4, -0.2) is 42.9 Å². The number of aryl methyl sites for hydroxylation is 1. The van der Waals surface area contributed by atoms with Gasteiger partial charge >= 0.3 is 5.97 Å². The van der Waals surface area contributed by atoms with Crippen molar-refractivity contribution in [3.8, 4) is 0 Å². The lowest BCUT2D eigenvalue weighted by atomic mass is 9.96. The van der Waals surface area contributed by atoms with Crippen LogP contribution in [0.3, 0.4) is 0 Å². The summed E-state index contributed by atoms with van der Waals surface area (Å²) in [6.45, 7) is 1.53. The maximum absolute atomic E-state index is 12.6. The molecule has 1 aliphatic heterocycles. The number of carbonyl (C=O) groups is 3. The van der Waals surface area contributed by atoms with Crippen molar-refractivity contribution < 1.29 is 19.1 Å². The number of hydrogen-bond acceptors (Lipinski definition) is 4. The molecule has 1 fully saturated rings. The van der Waals surface area contributed by atoms with Gasteiger partial charge in [-0.15, -0.1) is 0 Å². The number of benzene rings is 2. The number of hydrogen-bond donors (Lipinski definition) is 1. The number of piperidine rings is 1. The first-order chi connectivity index (χ1) is 14.6. The maximum atomic E-state index is 12.6. The maximum Gasteiger partial charge on any atom is 0.337 e. The molecule has 30 heavy (non-hydrogen) atoms. The molecule has 0 radical (unpaired) electrons. The van der Waals surface area contributed by atoms with Crippen LogP contribution in [0.5, 0.6) is 0 Å². The molecule has 0 spiro atoms. The van der Waals surface area contributed by atoms with Crippen molar-refractivity contribution in [1.29, 1.82) is 0 Å². The molecule has 1 aliphatic rings. The number of rotatable bonds is 8. The van der Waals surface area contributed by atoms with Crippen molar-refractivity contribution >= 4 is 17.8 Å². The summed E-state index contributed by atoms with van der Waals surface area (Å²) in [5, 5.41) is 2.96. The quantitative estimate of drug-likeness (QED) is 0.682. The van der Waals surface area contributed by atoms with E-state index in [1.807, 2.05) is 23.1 Å². The van der Waals surface area contributed by atoms with Crippen molar-refractivity contribution in [3.05, 3.63) is 71.3 Å². The van der Waals surface area contributed by atoms with Crippen molar-refractivity contribution in [2.75, 3.05) is 20.2 Å². The molecular formula is C24H28N2O4. The Bertz CT molecular complexity index is 865. The minimum absolute atomic E-state index is 0.0346. The average molecular weight is 408 g/mol. The lowest BCUT2D eigenvalue weighted by Gasteiger charge is -2.32. The zero-order valence-electron chi connectivity index (χ0n) is 17.3. The summed E-state index contributed by atoms with van der Waals surface area (Å²) in [5.74, 6) is -0.475. The largest absolute Gasteiger partial charge is 0.465 e. The van der Waals surface area contributed by atoms with Gasteiger partial charge in [0, 0.05) is 26.1 Å². The van der Waals surface area contributed by atoms with Gasteiger partial charge in [-0.1, -0.05) is 42.5 Å². The number of esters is 1. The Kier molecular flexibility index (Phi) is 7.60. The van der Waals surface area contributed by atoms with E-state index in [4.69, 9.17) is 0 Å². The second kappa shape index (κ2) is 10.6. The van der Waals surface area contributed by atoms with Crippen LogP contribution in [0.1, 0.15) is 40.7 Å². The summed E-state index contributed by atoms with van der Waals surface area (Å²) in [4.78, 5) is 38.2. The highest BCUT2D eigenvalue weighted by Crippen LogP contribution is 2.19. The molecule has 0 aromatic heterocycles. The van der Waals surface area contributed by atoms with Crippen LogP contribution < -0.4 is 5.32 Å². The molecule has 1 atom stereocenters. The van der Waals surface area contributed by atoms with Gasteiger partial charge in [-0.05, 0) is 42.5 Å². The molecule has 2 aromatic rings. The molecule has 0 bridgehead atoms. The topological polar surface area (TPSA) is 75.7 Å². The number of amides is 2. The molecule has 1 saturated heterocycles. The molecule has 1 heterocycles. The Morgan fingerprint density at radius 2 is 1.80 bits per heavy atom. The summed E-state index contributed by atoms with van der Waals surface area (Å²) in [6, 6.07) is 17.2. The number of ether oxygens (including phenoxy) is 1. The van der Waals surface area contributed by atoms with Crippen molar-refractivity contribution in [2.45, 2.75) is 32.2 Å². The Balaban J connectivity index is 1.46. The molecule has 0 aliphatic carbocycles. The van der Waals surface area contributed by atoms with E-state index >= 15 is 0 Å². The molecular weight excluding hydrogens is 380 g/mol. The lowest BCUT2D eigenvalue weighted by molar-refractivity contribution is -0.138. The fourth-order valence-corrected chi connectivity index (χ4v) is 3.67. The summed E-state index contributed by atoms with van der Waals surface area (Å²) in [7, 11) is 1.34. The second-order valence-electron chi connectivity index (χ2n) is 7.57. The third-order valence-corrected chi connectivity index (χ3v) is 5.45. The average Bonchev–Trinajstić information content (AvgIpc) is 2.79. The molecule has 158 valence electrons. The molecule has 1 N–H and O–H groups in total. The molecule has 3 rings (SSSR count). The number of nitrogens with one attached hydrogen (secondary N) is 1. The van der Waals surface area contributed by atoms with E-state index in [9.17, 15) is 14.4 Å². The van der Waals surface area contributed by atoms with Crippen LogP contribution in [0.2, 0.25) is 0 Å². The molecule has 0 saturated carbocycles. The van der Waals surface area contributed by atoms with Gasteiger partial charge in [0.25, 0.3) is 0 Å². The van der Waals surface area contributed by atoms with E-state index in [0.717, 1.165) is 18.4 Å². The van der Waals surface area contributed by atoms with Crippen molar-refractivity contribution in [1.82, 2.24) is 10.2 Å². The Hall–Kier alpha value is -3.15. The van der Waals surface area contributed by atoms with E-state index in [2.05, 4.69) is 22.2 Å². The van der Waals surface area contributed by atoms with Crippen LogP contribution in [0.25, 0.3) is 0 Å². The molecule has 0 unspecified atom stereocenters. The highest BCUT2D eigenvalue weighted by molar-refractivity contribution is 5.89. The summed E-state index contributed by atoms with van der Waals surface area (Å²) in [5.41, 5.74) is 2.64. The van der Waals surface area contributed by atoms with Gasteiger partial charge in [0.15, 0.2) is 0 Å².